The smallest absolute Gasteiger partial charge is 0.210 e. The standard InChI is InChI=1S/C17H14N4OS2/c18-12-13-6-8-15(9-7-13)22-10-11-23-17-21-20-16(24-17)19-14-4-2-1-3-5-14/h1-9H,10-11H2,(H,19,20). The Morgan fingerprint density at radius 2 is 1.88 bits per heavy atom. The van der Waals surface area contributed by atoms with Crippen LogP contribution in [0.5, 0.6) is 5.75 Å². The number of para-hydroxylation sites is 1. The van der Waals surface area contributed by atoms with Crippen molar-refractivity contribution in [3.63, 3.8) is 0 Å². The van der Waals surface area contributed by atoms with E-state index in [4.69, 9.17) is 10.00 Å². The van der Waals surface area contributed by atoms with Gasteiger partial charge in [0.2, 0.25) is 5.13 Å². The first-order valence-corrected chi connectivity index (χ1v) is 9.05. The Hall–Kier alpha value is -2.56. The summed E-state index contributed by atoms with van der Waals surface area (Å²) in [5.74, 6) is 1.54. The Labute approximate surface area is 148 Å². The molecular weight excluding hydrogens is 340 g/mol. The highest BCUT2D eigenvalue weighted by atomic mass is 32.2. The van der Waals surface area contributed by atoms with Gasteiger partial charge in [0.05, 0.1) is 18.2 Å². The zero-order valence-electron chi connectivity index (χ0n) is 12.7. The summed E-state index contributed by atoms with van der Waals surface area (Å²) in [5.41, 5.74) is 1.62. The molecule has 5 nitrogen and oxygen atoms in total. The molecule has 0 saturated carbocycles. The monoisotopic (exact) mass is 354 g/mol. The Kier molecular flexibility index (Phi) is 5.66. The lowest BCUT2D eigenvalue weighted by molar-refractivity contribution is 0.344. The number of aromatic nitrogens is 2. The van der Waals surface area contributed by atoms with Crippen molar-refractivity contribution in [2.45, 2.75) is 4.34 Å². The van der Waals surface area contributed by atoms with Crippen molar-refractivity contribution in [1.29, 1.82) is 5.26 Å². The SMILES string of the molecule is N#Cc1ccc(OCCSc2nnc(Nc3ccccc3)s2)cc1. The molecule has 0 fully saturated rings. The molecule has 120 valence electrons. The van der Waals surface area contributed by atoms with Crippen LogP contribution in [0.1, 0.15) is 5.56 Å². The van der Waals surface area contributed by atoms with Gasteiger partial charge in [0.15, 0.2) is 4.34 Å². The highest BCUT2D eigenvalue weighted by Gasteiger charge is 2.05. The average Bonchev–Trinajstić information content (AvgIpc) is 3.07. The lowest BCUT2D eigenvalue weighted by Crippen LogP contribution is -1.99. The summed E-state index contributed by atoms with van der Waals surface area (Å²) in [7, 11) is 0. The highest BCUT2D eigenvalue weighted by Crippen LogP contribution is 2.27. The van der Waals surface area contributed by atoms with Gasteiger partial charge in [0, 0.05) is 11.4 Å². The summed E-state index contributed by atoms with van der Waals surface area (Å²) in [4.78, 5) is 0. The van der Waals surface area contributed by atoms with Crippen molar-refractivity contribution in [2.24, 2.45) is 0 Å². The maximum Gasteiger partial charge on any atom is 0.210 e. The number of benzene rings is 2. The van der Waals surface area contributed by atoms with Crippen molar-refractivity contribution in [3.8, 4) is 11.8 Å². The predicted octanol–water partition coefficient (Wildman–Crippen LogP) is 4.32. The first-order valence-electron chi connectivity index (χ1n) is 7.25. The molecule has 0 amide bonds. The van der Waals surface area contributed by atoms with Crippen molar-refractivity contribution in [1.82, 2.24) is 10.2 Å². The number of ether oxygens (including phenoxy) is 1. The molecule has 0 saturated heterocycles. The Morgan fingerprint density at radius 1 is 1.08 bits per heavy atom. The topological polar surface area (TPSA) is 70.8 Å². The van der Waals surface area contributed by atoms with Crippen LogP contribution in [0.3, 0.4) is 0 Å². The van der Waals surface area contributed by atoms with E-state index in [1.807, 2.05) is 30.3 Å². The minimum atomic E-state index is 0.567. The molecule has 7 heteroatoms. The van der Waals surface area contributed by atoms with E-state index in [0.717, 1.165) is 26.7 Å². The number of nitriles is 1. The Bertz CT molecular complexity index is 813. The first kappa shape index (κ1) is 16.3. The number of rotatable bonds is 7. The van der Waals surface area contributed by atoms with E-state index in [-0.39, 0.29) is 0 Å². The minimum absolute atomic E-state index is 0.567. The summed E-state index contributed by atoms with van der Waals surface area (Å²) in [6.45, 7) is 0.567. The molecule has 24 heavy (non-hydrogen) atoms. The quantitative estimate of drug-likeness (QED) is 0.503. The second-order valence-electron chi connectivity index (χ2n) is 4.70. The molecule has 0 aliphatic rings. The molecule has 1 heterocycles. The fourth-order valence-corrected chi connectivity index (χ4v) is 3.54. The van der Waals surface area contributed by atoms with Crippen molar-refractivity contribution >= 4 is 33.9 Å². The van der Waals surface area contributed by atoms with E-state index in [0.29, 0.717) is 12.2 Å². The molecule has 0 aliphatic carbocycles. The Morgan fingerprint density at radius 3 is 2.62 bits per heavy atom. The molecule has 3 aromatic rings. The van der Waals surface area contributed by atoms with Crippen LogP contribution in [0, 0.1) is 11.3 Å². The van der Waals surface area contributed by atoms with E-state index < -0.39 is 0 Å². The third-order valence-electron chi connectivity index (χ3n) is 2.99. The fourth-order valence-electron chi connectivity index (χ4n) is 1.88. The van der Waals surface area contributed by atoms with E-state index >= 15 is 0 Å². The summed E-state index contributed by atoms with van der Waals surface area (Å²) < 4.78 is 6.54. The van der Waals surface area contributed by atoms with Gasteiger partial charge in [-0.15, -0.1) is 10.2 Å². The van der Waals surface area contributed by atoms with Gasteiger partial charge in [-0.3, -0.25) is 0 Å². The maximum atomic E-state index is 8.75. The zero-order chi connectivity index (χ0) is 16.6. The van der Waals surface area contributed by atoms with Gasteiger partial charge in [0.1, 0.15) is 5.75 Å². The number of thioether (sulfide) groups is 1. The van der Waals surface area contributed by atoms with Crippen LogP contribution in [0.25, 0.3) is 0 Å². The van der Waals surface area contributed by atoms with E-state index in [1.165, 1.54) is 11.3 Å². The van der Waals surface area contributed by atoms with Gasteiger partial charge in [-0.1, -0.05) is 41.3 Å². The number of nitrogens with one attached hydrogen (secondary N) is 1. The van der Waals surface area contributed by atoms with Crippen LogP contribution in [-0.4, -0.2) is 22.6 Å². The summed E-state index contributed by atoms with van der Waals surface area (Å²) in [6, 6.07) is 19.1. The predicted molar refractivity (Wildman–Crippen MR) is 97.0 cm³/mol. The second kappa shape index (κ2) is 8.34. The van der Waals surface area contributed by atoms with Gasteiger partial charge in [-0.25, -0.2) is 0 Å². The lowest BCUT2D eigenvalue weighted by Gasteiger charge is -2.04. The van der Waals surface area contributed by atoms with E-state index in [1.54, 1.807) is 36.0 Å². The molecule has 1 N–H and O–H groups in total. The van der Waals surface area contributed by atoms with Crippen LogP contribution >= 0.6 is 23.1 Å². The number of hydrogen-bond donors (Lipinski definition) is 1. The molecule has 2 aromatic carbocycles. The van der Waals surface area contributed by atoms with E-state index in [9.17, 15) is 0 Å². The van der Waals surface area contributed by atoms with Crippen molar-refractivity contribution in [3.05, 3.63) is 60.2 Å². The van der Waals surface area contributed by atoms with Crippen LogP contribution in [0.15, 0.2) is 58.9 Å². The molecular formula is C17H14N4OS2. The molecule has 0 bridgehead atoms. The summed E-state index contributed by atoms with van der Waals surface area (Å²) >= 11 is 3.12. The number of anilines is 2. The summed E-state index contributed by atoms with van der Waals surface area (Å²) in [5, 5.41) is 21.0. The minimum Gasteiger partial charge on any atom is -0.493 e. The maximum absolute atomic E-state index is 8.75. The fraction of sp³-hybridized carbons (Fsp3) is 0.118. The third kappa shape index (κ3) is 4.72. The lowest BCUT2D eigenvalue weighted by atomic mass is 10.2. The molecule has 1 aromatic heterocycles. The second-order valence-corrected chi connectivity index (χ2v) is 7.02. The molecule has 0 atom stereocenters. The molecule has 0 radical (unpaired) electrons. The van der Waals surface area contributed by atoms with Crippen molar-refractivity contribution in [2.75, 3.05) is 17.7 Å². The highest BCUT2D eigenvalue weighted by molar-refractivity contribution is 8.01. The molecule has 0 aliphatic heterocycles. The van der Waals surface area contributed by atoms with Gasteiger partial charge in [0.25, 0.3) is 0 Å². The van der Waals surface area contributed by atoms with Crippen molar-refractivity contribution < 1.29 is 4.74 Å². The van der Waals surface area contributed by atoms with Crippen LogP contribution < -0.4 is 10.1 Å². The van der Waals surface area contributed by atoms with E-state index in [2.05, 4.69) is 21.6 Å². The summed E-state index contributed by atoms with van der Waals surface area (Å²) in [6.07, 6.45) is 0. The van der Waals surface area contributed by atoms with Crippen LogP contribution in [0.2, 0.25) is 0 Å². The number of hydrogen-bond acceptors (Lipinski definition) is 7. The third-order valence-corrected chi connectivity index (χ3v) is 4.93. The molecule has 3 rings (SSSR count). The Balaban J connectivity index is 1.43. The average molecular weight is 354 g/mol. The van der Waals surface area contributed by atoms with Gasteiger partial charge >= 0.3 is 0 Å². The van der Waals surface area contributed by atoms with Gasteiger partial charge in [-0.05, 0) is 36.4 Å². The van der Waals surface area contributed by atoms with Gasteiger partial charge in [-0.2, -0.15) is 5.26 Å². The largest absolute Gasteiger partial charge is 0.493 e. The normalized spacial score (nSPS) is 10.1. The number of nitrogens with zero attached hydrogens (tertiary/aromatic N) is 3. The van der Waals surface area contributed by atoms with Crippen LogP contribution in [0.4, 0.5) is 10.8 Å². The zero-order valence-corrected chi connectivity index (χ0v) is 14.3. The molecule has 0 spiro atoms. The van der Waals surface area contributed by atoms with Gasteiger partial charge < -0.3 is 10.1 Å². The van der Waals surface area contributed by atoms with Crippen LogP contribution in [-0.2, 0) is 0 Å². The molecule has 0 unspecified atom stereocenters. The first-order chi connectivity index (χ1) is 11.8.